The summed E-state index contributed by atoms with van der Waals surface area (Å²) in [6.45, 7) is 0.462. The molecule has 1 unspecified atom stereocenters. The molecule has 0 amide bonds. The van der Waals surface area contributed by atoms with Crippen LogP contribution in [0.3, 0.4) is 0 Å². The third-order valence-corrected chi connectivity index (χ3v) is 2.27. The van der Waals surface area contributed by atoms with Crippen molar-refractivity contribution < 1.29 is 13.9 Å². The van der Waals surface area contributed by atoms with Gasteiger partial charge < -0.3 is 15.2 Å². The molecule has 3 nitrogen and oxygen atoms in total. The number of ether oxygens (including phenoxy) is 2. The summed E-state index contributed by atoms with van der Waals surface area (Å²) in [7, 11) is 3.05. The second kappa shape index (κ2) is 5.68. The Labute approximate surface area is 89.0 Å². The van der Waals surface area contributed by atoms with Gasteiger partial charge in [-0.2, -0.15) is 0 Å². The van der Waals surface area contributed by atoms with Crippen LogP contribution in [0.15, 0.2) is 18.2 Å². The van der Waals surface area contributed by atoms with Crippen LogP contribution < -0.4 is 10.5 Å². The number of hydrogen-bond donors (Lipinski definition) is 1. The zero-order valence-electron chi connectivity index (χ0n) is 9.00. The maximum Gasteiger partial charge on any atom is 0.132 e. The van der Waals surface area contributed by atoms with E-state index in [0.29, 0.717) is 24.3 Å². The summed E-state index contributed by atoms with van der Waals surface area (Å²) in [5.74, 6) is 0.175. The Balaban J connectivity index is 2.92. The molecule has 0 radical (unpaired) electrons. The second-order valence-corrected chi connectivity index (χ2v) is 3.19. The van der Waals surface area contributed by atoms with Crippen molar-refractivity contribution >= 4 is 0 Å². The topological polar surface area (TPSA) is 44.5 Å². The van der Waals surface area contributed by atoms with Gasteiger partial charge in [-0.1, -0.05) is 0 Å². The minimum absolute atomic E-state index is 0.291. The second-order valence-electron chi connectivity index (χ2n) is 3.19. The first kappa shape index (κ1) is 11.9. The van der Waals surface area contributed by atoms with Gasteiger partial charge in [0.1, 0.15) is 11.6 Å². The number of halogens is 1. The van der Waals surface area contributed by atoms with E-state index in [1.165, 1.54) is 13.2 Å². The molecule has 0 aromatic heterocycles. The molecule has 0 aliphatic carbocycles. The summed E-state index contributed by atoms with van der Waals surface area (Å²) in [6.07, 6.45) is 0.306. The van der Waals surface area contributed by atoms with E-state index in [1.807, 2.05) is 0 Å². The molecule has 1 rings (SSSR count). The first-order valence-electron chi connectivity index (χ1n) is 4.79. The summed E-state index contributed by atoms with van der Waals surface area (Å²) >= 11 is 0. The fraction of sp³-hybridized carbons (Fsp3) is 0.455. The lowest BCUT2D eigenvalue weighted by Gasteiger charge is -2.15. The van der Waals surface area contributed by atoms with Crippen LogP contribution in [-0.4, -0.2) is 20.8 Å². The van der Waals surface area contributed by atoms with Gasteiger partial charge in [0.25, 0.3) is 0 Å². The molecule has 0 saturated carbocycles. The van der Waals surface area contributed by atoms with Gasteiger partial charge in [-0.3, -0.25) is 0 Å². The minimum atomic E-state index is -0.324. The highest BCUT2D eigenvalue weighted by Gasteiger charge is 2.14. The largest absolute Gasteiger partial charge is 0.497 e. The van der Waals surface area contributed by atoms with Gasteiger partial charge >= 0.3 is 0 Å². The van der Waals surface area contributed by atoms with Crippen LogP contribution in [0.4, 0.5) is 4.39 Å². The summed E-state index contributed by atoms with van der Waals surface area (Å²) in [5, 5.41) is 0. The molecule has 0 saturated heterocycles. The van der Waals surface area contributed by atoms with E-state index in [4.69, 9.17) is 15.2 Å². The third kappa shape index (κ3) is 2.91. The van der Waals surface area contributed by atoms with Crippen molar-refractivity contribution in [3.05, 3.63) is 29.6 Å². The van der Waals surface area contributed by atoms with E-state index >= 15 is 0 Å². The van der Waals surface area contributed by atoms with E-state index in [9.17, 15) is 4.39 Å². The number of hydrogen-bond acceptors (Lipinski definition) is 3. The molecule has 0 heterocycles. The highest BCUT2D eigenvalue weighted by molar-refractivity contribution is 5.30. The van der Waals surface area contributed by atoms with E-state index in [0.717, 1.165) is 0 Å². The monoisotopic (exact) mass is 213 g/mol. The summed E-state index contributed by atoms with van der Waals surface area (Å²) < 4.78 is 23.7. The molecule has 1 aromatic carbocycles. The van der Waals surface area contributed by atoms with Crippen LogP contribution in [0.1, 0.15) is 18.1 Å². The minimum Gasteiger partial charge on any atom is -0.497 e. The van der Waals surface area contributed by atoms with Gasteiger partial charge in [0, 0.05) is 18.7 Å². The van der Waals surface area contributed by atoms with Crippen molar-refractivity contribution in [1.29, 1.82) is 0 Å². The molecule has 0 spiro atoms. The summed E-state index contributed by atoms with van der Waals surface area (Å²) in [6, 6.07) is 4.72. The van der Waals surface area contributed by atoms with E-state index in [-0.39, 0.29) is 11.9 Å². The molecule has 1 aromatic rings. The van der Waals surface area contributed by atoms with Crippen LogP contribution in [0.5, 0.6) is 5.75 Å². The van der Waals surface area contributed by atoms with Gasteiger partial charge in [-0.25, -0.2) is 4.39 Å². The predicted octanol–water partition coefficient (Wildman–Crippen LogP) is 1.87. The zero-order chi connectivity index (χ0) is 11.3. The number of methoxy groups -OCH3 is 2. The van der Waals surface area contributed by atoms with E-state index in [2.05, 4.69) is 0 Å². The Bertz CT molecular complexity index is 317. The van der Waals surface area contributed by atoms with Gasteiger partial charge in [0.2, 0.25) is 0 Å². The fourth-order valence-electron chi connectivity index (χ4n) is 1.45. The first-order valence-corrected chi connectivity index (χ1v) is 4.79. The lowest BCUT2D eigenvalue weighted by molar-refractivity contribution is 0.0945. The molecule has 1 atom stereocenters. The summed E-state index contributed by atoms with van der Waals surface area (Å²) in [5.41, 5.74) is 5.94. The summed E-state index contributed by atoms with van der Waals surface area (Å²) in [4.78, 5) is 0. The predicted molar refractivity (Wildman–Crippen MR) is 56.4 cm³/mol. The highest BCUT2D eigenvalue weighted by atomic mass is 19.1. The maximum absolute atomic E-state index is 13.6. The van der Waals surface area contributed by atoms with Crippen LogP contribution in [-0.2, 0) is 4.74 Å². The van der Waals surface area contributed by atoms with E-state index < -0.39 is 0 Å². The normalized spacial score (nSPS) is 12.5. The first-order chi connectivity index (χ1) is 7.22. The Morgan fingerprint density at radius 3 is 2.60 bits per heavy atom. The van der Waals surface area contributed by atoms with Gasteiger partial charge in [-0.15, -0.1) is 0 Å². The van der Waals surface area contributed by atoms with Crippen molar-refractivity contribution in [1.82, 2.24) is 0 Å². The van der Waals surface area contributed by atoms with Gasteiger partial charge in [-0.05, 0) is 25.1 Å². The van der Waals surface area contributed by atoms with Crippen molar-refractivity contribution in [2.24, 2.45) is 5.73 Å². The Hall–Kier alpha value is -1.13. The Kier molecular flexibility index (Phi) is 4.52. The molecular weight excluding hydrogens is 197 g/mol. The number of nitrogens with two attached hydrogens (primary N) is 1. The molecular formula is C11H16FNO2. The standard InChI is InChI=1S/C11H16FNO2/c1-14-8-3-4-9(10(12)7-8)11(15-2)5-6-13/h3-4,7,11H,5-6,13H2,1-2H3. The fourth-order valence-corrected chi connectivity index (χ4v) is 1.45. The van der Waals surface area contributed by atoms with E-state index in [1.54, 1.807) is 19.2 Å². The molecule has 84 valence electrons. The average molecular weight is 213 g/mol. The molecule has 0 bridgehead atoms. The average Bonchev–Trinajstić information content (AvgIpc) is 2.26. The quantitative estimate of drug-likeness (QED) is 0.812. The van der Waals surface area contributed by atoms with Crippen LogP contribution in [0.2, 0.25) is 0 Å². The van der Waals surface area contributed by atoms with Gasteiger partial charge in [0.15, 0.2) is 0 Å². The lowest BCUT2D eigenvalue weighted by Crippen LogP contribution is -2.10. The van der Waals surface area contributed by atoms with Crippen molar-refractivity contribution in [2.75, 3.05) is 20.8 Å². The lowest BCUT2D eigenvalue weighted by atomic mass is 10.1. The van der Waals surface area contributed by atoms with Crippen molar-refractivity contribution in [3.63, 3.8) is 0 Å². The molecule has 15 heavy (non-hydrogen) atoms. The molecule has 0 aliphatic rings. The highest BCUT2D eigenvalue weighted by Crippen LogP contribution is 2.25. The molecule has 0 fully saturated rings. The number of benzene rings is 1. The van der Waals surface area contributed by atoms with Crippen molar-refractivity contribution in [2.45, 2.75) is 12.5 Å². The van der Waals surface area contributed by atoms with Crippen LogP contribution in [0.25, 0.3) is 0 Å². The third-order valence-electron chi connectivity index (χ3n) is 2.27. The SMILES string of the molecule is COc1ccc(C(CCN)OC)c(F)c1. The number of rotatable bonds is 5. The smallest absolute Gasteiger partial charge is 0.132 e. The molecule has 0 aliphatic heterocycles. The van der Waals surface area contributed by atoms with Crippen molar-refractivity contribution in [3.8, 4) is 5.75 Å². The van der Waals surface area contributed by atoms with Gasteiger partial charge in [0.05, 0.1) is 13.2 Å². The van der Waals surface area contributed by atoms with Crippen LogP contribution >= 0.6 is 0 Å². The zero-order valence-corrected chi connectivity index (χ0v) is 9.00. The molecule has 4 heteroatoms. The Morgan fingerprint density at radius 2 is 2.13 bits per heavy atom. The Morgan fingerprint density at radius 1 is 1.40 bits per heavy atom. The molecule has 2 N–H and O–H groups in total. The van der Waals surface area contributed by atoms with Crippen LogP contribution in [0, 0.1) is 5.82 Å². The maximum atomic E-state index is 13.6.